The first-order valence-corrected chi connectivity index (χ1v) is 5.34. The van der Waals surface area contributed by atoms with Gasteiger partial charge in [-0.2, -0.15) is 0 Å². The van der Waals surface area contributed by atoms with Crippen molar-refractivity contribution < 1.29 is 5.11 Å². The van der Waals surface area contributed by atoms with Crippen molar-refractivity contribution in [2.24, 2.45) is 0 Å². The van der Waals surface area contributed by atoms with Gasteiger partial charge in [-0.1, -0.05) is 13.8 Å². The number of likely N-dealkylation sites (N-methyl/N-ethyl adjacent to an activating group) is 1. The maximum absolute atomic E-state index is 9.06. The fourth-order valence-corrected chi connectivity index (χ4v) is 1.56. The van der Waals surface area contributed by atoms with Crippen LogP contribution in [0.2, 0.25) is 0 Å². The van der Waals surface area contributed by atoms with E-state index in [1.165, 1.54) is 0 Å². The van der Waals surface area contributed by atoms with Crippen molar-refractivity contribution in [3.8, 4) is 0 Å². The summed E-state index contributed by atoms with van der Waals surface area (Å²) in [5.74, 6) is 0. The predicted octanol–water partition coefficient (Wildman–Crippen LogP) is 0.443. The van der Waals surface area contributed by atoms with Gasteiger partial charge < -0.3 is 15.3 Å². The highest BCUT2D eigenvalue weighted by Crippen LogP contribution is 2.34. The predicted molar refractivity (Wildman–Crippen MR) is 54.8 cm³/mol. The Morgan fingerprint density at radius 3 is 2.31 bits per heavy atom. The van der Waals surface area contributed by atoms with Crippen LogP contribution < -0.4 is 5.32 Å². The fourth-order valence-electron chi connectivity index (χ4n) is 1.56. The molecule has 0 heterocycles. The molecule has 1 aliphatic rings. The molecule has 0 aromatic heterocycles. The third-order valence-corrected chi connectivity index (χ3v) is 2.98. The molecule has 1 fully saturated rings. The average Bonchev–Trinajstić information content (AvgIpc) is 2.93. The third-order valence-electron chi connectivity index (χ3n) is 2.98. The maximum Gasteiger partial charge on any atom is 0.0613 e. The molecule has 1 rings (SSSR count). The van der Waals surface area contributed by atoms with Crippen LogP contribution in [-0.2, 0) is 0 Å². The summed E-state index contributed by atoms with van der Waals surface area (Å²) in [5, 5.41) is 12.5. The monoisotopic (exact) mass is 186 g/mol. The van der Waals surface area contributed by atoms with Gasteiger partial charge in [0.2, 0.25) is 0 Å². The van der Waals surface area contributed by atoms with Crippen LogP contribution in [0.4, 0.5) is 0 Å². The summed E-state index contributed by atoms with van der Waals surface area (Å²) in [7, 11) is 0. The van der Waals surface area contributed by atoms with Gasteiger partial charge in [-0.05, 0) is 25.9 Å². The van der Waals surface area contributed by atoms with Crippen molar-refractivity contribution in [1.82, 2.24) is 10.2 Å². The molecule has 0 aromatic carbocycles. The van der Waals surface area contributed by atoms with Crippen LogP contribution in [0.1, 0.15) is 26.7 Å². The molecule has 0 radical (unpaired) electrons. The first-order valence-electron chi connectivity index (χ1n) is 5.34. The topological polar surface area (TPSA) is 35.5 Å². The van der Waals surface area contributed by atoms with E-state index in [1.54, 1.807) is 0 Å². The zero-order valence-electron chi connectivity index (χ0n) is 8.84. The molecule has 3 heteroatoms. The summed E-state index contributed by atoms with van der Waals surface area (Å²) < 4.78 is 0. The lowest BCUT2D eigenvalue weighted by atomic mass is 10.3. The number of rotatable bonds is 7. The van der Waals surface area contributed by atoms with Crippen LogP contribution in [0.15, 0.2) is 0 Å². The number of nitrogens with zero attached hydrogens (tertiary/aromatic N) is 1. The van der Waals surface area contributed by atoms with Gasteiger partial charge in [0, 0.05) is 18.6 Å². The highest BCUT2D eigenvalue weighted by Gasteiger charge is 2.41. The summed E-state index contributed by atoms with van der Waals surface area (Å²) in [6.07, 6.45) is 2.28. The second kappa shape index (κ2) is 4.94. The number of nitrogens with one attached hydrogen (secondary N) is 1. The van der Waals surface area contributed by atoms with Crippen LogP contribution in [-0.4, -0.2) is 48.3 Å². The number of aliphatic hydroxyl groups is 1. The van der Waals surface area contributed by atoms with Crippen molar-refractivity contribution in [1.29, 1.82) is 0 Å². The van der Waals surface area contributed by atoms with E-state index in [-0.39, 0.29) is 5.54 Å². The summed E-state index contributed by atoms with van der Waals surface area (Å²) in [6.45, 7) is 8.99. The molecular weight excluding hydrogens is 164 g/mol. The highest BCUT2D eigenvalue weighted by atomic mass is 16.3. The quantitative estimate of drug-likeness (QED) is 0.606. The van der Waals surface area contributed by atoms with E-state index < -0.39 is 0 Å². The third kappa shape index (κ3) is 3.25. The van der Waals surface area contributed by atoms with Crippen LogP contribution in [0.3, 0.4) is 0 Å². The van der Waals surface area contributed by atoms with Crippen molar-refractivity contribution >= 4 is 0 Å². The molecule has 0 aliphatic heterocycles. The van der Waals surface area contributed by atoms with E-state index in [9.17, 15) is 0 Å². The first kappa shape index (κ1) is 11.0. The van der Waals surface area contributed by atoms with Gasteiger partial charge in [-0.25, -0.2) is 0 Å². The lowest BCUT2D eigenvalue weighted by Crippen LogP contribution is -2.40. The SMILES string of the molecule is CCN(CC)CCNC1(CO)CC1. The minimum Gasteiger partial charge on any atom is -0.394 e. The van der Waals surface area contributed by atoms with Gasteiger partial charge in [-0.15, -0.1) is 0 Å². The van der Waals surface area contributed by atoms with Gasteiger partial charge in [-0.3, -0.25) is 0 Å². The van der Waals surface area contributed by atoms with Gasteiger partial charge in [0.1, 0.15) is 0 Å². The van der Waals surface area contributed by atoms with Crippen molar-refractivity contribution in [2.75, 3.05) is 32.8 Å². The molecular formula is C10H22N2O. The Bertz CT molecular complexity index is 142. The normalized spacial score (nSPS) is 19.4. The fraction of sp³-hybridized carbons (Fsp3) is 1.00. The van der Waals surface area contributed by atoms with Gasteiger partial charge in [0.05, 0.1) is 6.61 Å². The molecule has 2 N–H and O–H groups in total. The van der Waals surface area contributed by atoms with Gasteiger partial charge in [0.15, 0.2) is 0 Å². The number of aliphatic hydroxyl groups excluding tert-OH is 1. The minimum absolute atomic E-state index is 0.104. The minimum atomic E-state index is 0.104. The van der Waals surface area contributed by atoms with E-state index in [4.69, 9.17) is 5.11 Å². The molecule has 78 valence electrons. The Morgan fingerprint density at radius 2 is 1.92 bits per heavy atom. The molecule has 3 nitrogen and oxygen atoms in total. The Hall–Kier alpha value is -0.120. The molecule has 0 unspecified atom stereocenters. The van der Waals surface area contributed by atoms with Crippen LogP contribution in [0.5, 0.6) is 0 Å². The molecule has 0 amide bonds. The lowest BCUT2D eigenvalue weighted by Gasteiger charge is -2.20. The second-order valence-electron chi connectivity index (χ2n) is 3.89. The van der Waals surface area contributed by atoms with Gasteiger partial charge in [0.25, 0.3) is 0 Å². The van der Waals surface area contributed by atoms with Crippen LogP contribution in [0, 0.1) is 0 Å². The zero-order valence-corrected chi connectivity index (χ0v) is 8.84. The molecule has 0 saturated heterocycles. The summed E-state index contributed by atoms with van der Waals surface area (Å²) in [4.78, 5) is 2.39. The standard InChI is InChI=1S/C10H22N2O/c1-3-12(4-2)8-7-11-10(9-13)5-6-10/h11,13H,3-9H2,1-2H3. The first-order chi connectivity index (χ1) is 6.26. The van der Waals surface area contributed by atoms with Crippen molar-refractivity contribution in [3.05, 3.63) is 0 Å². The van der Waals surface area contributed by atoms with Crippen molar-refractivity contribution in [3.63, 3.8) is 0 Å². The van der Waals surface area contributed by atoms with E-state index >= 15 is 0 Å². The number of hydrogen-bond donors (Lipinski definition) is 2. The smallest absolute Gasteiger partial charge is 0.0613 e. The second-order valence-corrected chi connectivity index (χ2v) is 3.89. The summed E-state index contributed by atoms with van der Waals surface area (Å²) in [5.41, 5.74) is 0.104. The molecule has 13 heavy (non-hydrogen) atoms. The van der Waals surface area contributed by atoms with E-state index in [0.717, 1.165) is 39.0 Å². The molecule has 0 bridgehead atoms. The average molecular weight is 186 g/mol. The molecule has 1 saturated carbocycles. The Labute approximate surface area is 81.1 Å². The van der Waals surface area contributed by atoms with Gasteiger partial charge >= 0.3 is 0 Å². The maximum atomic E-state index is 9.06. The van der Waals surface area contributed by atoms with E-state index in [1.807, 2.05) is 0 Å². The Kier molecular flexibility index (Phi) is 4.16. The van der Waals surface area contributed by atoms with E-state index in [0.29, 0.717) is 6.61 Å². The molecule has 0 spiro atoms. The lowest BCUT2D eigenvalue weighted by molar-refractivity contribution is 0.221. The molecule has 1 aliphatic carbocycles. The van der Waals surface area contributed by atoms with Crippen LogP contribution >= 0.6 is 0 Å². The summed E-state index contributed by atoms with van der Waals surface area (Å²) >= 11 is 0. The summed E-state index contributed by atoms with van der Waals surface area (Å²) in [6, 6.07) is 0. The number of hydrogen-bond acceptors (Lipinski definition) is 3. The Morgan fingerprint density at radius 1 is 1.31 bits per heavy atom. The molecule has 0 aromatic rings. The zero-order chi connectivity index (χ0) is 9.73. The van der Waals surface area contributed by atoms with Crippen LogP contribution in [0.25, 0.3) is 0 Å². The largest absolute Gasteiger partial charge is 0.394 e. The highest BCUT2D eigenvalue weighted by molar-refractivity contribution is 5.01. The van der Waals surface area contributed by atoms with Crippen molar-refractivity contribution in [2.45, 2.75) is 32.2 Å². The molecule has 0 atom stereocenters. The Balaban J connectivity index is 2.06. The van der Waals surface area contributed by atoms with E-state index in [2.05, 4.69) is 24.1 Å².